The molecule has 0 unspecified atom stereocenters. The summed E-state index contributed by atoms with van der Waals surface area (Å²) in [5.74, 6) is -1.19. The number of halogens is 7. The topological polar surface area (TPSA) is 146 Å². The summed E-state index contributed by atoms with van der Waals surface area (Å²) < 4.78 is 72.7. The summed E-state index contributed by atoms with van der Waals surface area (Å²) in [5, 5.41) is 0. The molecule has 6 aromatic rings. The number of alkyl halides is 3. The van der Waals surface area contributed by atoms with Gasteiger partial charge in [-0.15, -0.1) is 0 Å². The number of hydrogen-bond donors (Lipinski definition) is 0. The van der Waals surface area contributed by atoms with Crippen molar-refractivity contribution in [3.05, 3.63) is 100 Å². The molecule has 55 heavy (non-hydrogen) atoms. The predicted octanol–water partition coefficient (Wildman–Crippen LogP) is 5.15. The van der Waals surface area contributed by atoms with Crippen molar-refractivity contribution in [2.45, 2.75) is 53.1 Å². The minimum absolute atomic E-state index is 0.00802. The van der Waals surface area contributed by atoms with E-state index in [0.717, 1.165) is 17.2 Å². The third kappa shape index (κ3) is 6.61. The maximum atomic E-state index is 14.2. The lowest BCUT2D eigenvalue weighted by Gasteiger charge is -2.13. The summed E-state index contributed by atoms with van der Waals surface area (Å²) in [5.41, 5.74) is -0.0172. The number of aryl methyl sites for hydroxylation is 1. The first-order valence-corrected chi connectivity index (χ1v) is 18.1. The van der Waals surface area contributed by atoms with E-state index >= 15 is 0 Å². The number of hydrogen-bond acceptors (Lipinski definition) is 8. The maximum absolute atomic E-state index is 14.2. The fraction of sp³-hybridized carbons (Fsp3) is 0.294. The first-order valence-electron chi connectivity index (χ1n) is 16.6. The molecule has 286 valence electrons. The number of benzene rings is 2. The van der Waals surface area contributed by atoms with E-state index in [0.29, 0.717) is 48.1 Å². The van der Waals surface area contributed by atoms with Crippen LogP contribution in [0, 0.1) is 18.6 Å². The van der Waals surface area contributed by atoms with Crippen LogP contribution in [0.3, 0.4) is 0 Å². The average molecular weight is 894 g/mol. The molecule has 0 radical (unpaired) electrons. The molecule has 2 aromatic carbocycles. The molecule has 14 nitrogen and oxygen atoms in total. The van der Waals surface area contributed by atoms with Gasteiger partial charge in [0, 0.05) is 18.7 Å². The van der Waals surface area contributed by atoms with Crippen LogP contribution in [0.2, 0.25) is 0 Å². The molecule has 0 saturated heterocycles. The number of anilines is 2. The Morgan fingerprint density at radius 3 is 1.96 bits per heavy atom. The van der Waals surface area contributed by atoms with E-state index in [-0.39, 0.29) is 75.8 Å². The van der Waals surface area contributed by atoms with Crippen molar-refractivity contribution in [2.24, 2.45) is 0 Å². The van der Waals surface area contributed by atoms with E-state index in [2.05, 4.69) is 51.8 Å². The van der Waals surface area contributed by atoms with Crippen LogP contribution in [-0.4, -0.2) is 63.1 Å². The van der Waals surface area contributed by atoms with Crippen LogP contribution in [0.1, 0.15) is 36.1 Å². The van der Waals surface area contributed by atoms with Crippen LogP contribution in [0.5, 0.6) is 0 Å². The number of amides is 2. The first kappa shape index (κ1) is 38.0. The Balaban J connectivity index is 0.000000170. The number of imidazole rings is 2. The third-order valence-corrected chi connectivity index (χ3v) is 10.4. The largest absolute Gasteiger partial charge is 0.416 e. The van der Waals surface area contributed by atoms with E-state index in [4.69, 9.17) is 0 Å². The third-order valence-electron chi connectivity index (χ3n) is 9.23. The summed E-state index contributed by atoms with van der Waals surface area (Å²) in [7, 11) is 0. The van der Waals surface area contributed by atoms with Crippen molar-refractivity contribution >= 4 is 77.9 Å². The normalized spacial score (nSPS) is 13.9. The number of likely N-dealkylation sites (N-methyl/N-ethyl adjacent to an activating group) is 2. The highest BCUT2D eigenvalue weighted by molar-refractivity contribution is 9.10. The Labute approximate surface area is 323 Å². The van der Waals surface area contributed by atoms with Gasteiger partial charge >= 0.3 is 6.18 Å². The number of nitrogens with zero attached hydrogens (tertiary/aromatic N) is 10. The zero-order valence-electron chi connectivity index (χ0n) is 29.0. The molecule has 0 fully saturated rings. The zero-order chi connectivity index (χ0) is 39.7. The van der Waals surface area contributed by atoms with Gasteiger partial charge in [-0.05, 0) is 94.1 Å². The second-order valence-electron chi connectivity index (χ2n) is 12.5. The Morgan fingerprint density at radius 2 is 1.33 bits per heavy atom. The van der Waals surface area contributed by atoms with Gasteiger partial charge in [-0.1, -0.05) is 6.07 Å². The van der Waals surface area contributed by atoms with Crippen LogP contribution >= 0.6 is 31.9 Å². The SMILES string of the molecule is CCN1C(=O)Cn2c1nc1c(nc(Br)n1Cc1cc(F)ccc1C)c2=O.CCN1C(=O)Cn2c1nc1nc(Br)n(Cc3cc(C(F)(F)F)ccc3F)c1c2=O. The minimum atomic E-state index is -4.64. The first-order chi connectivity index (χ1) is 26.0. The highest BCUT2D eigenvalue weighted by Gasteiger charge is 2.34. The molecule has 0 aliphatic carbocycles. The number of carbonyl (C=O) groups excluding carboxylic acids is 2. The van der Waals surface area contributed by atoms with E-state index in [1.165, 1.54) is 35.6 Å². The number of rotatable bonds is 6. The summed E-state index contributed by atoms with van der Waals surface area (Å²) in [6.07, 6.45) is -4.64. The molecular formula is C34H27Br2F5N10O4. The summed E-state index contributed by atoms with van der Waals surface area (Å²) in [6, 6.07) is 6.63. The Morgan fingerprint density at radius 1 is 0.727 bits per heavy atom. The monoisotopic (exact) mass is 892 g/mol. The standard InChI is InChI=1S/C17H12BrF4N5O2.C17H15BrFN5O2/c1-2-25-11(28)7-27-14(29)12-13(24-16(25)27)23-15(18)26(12)6-8-5-9(17(20,21)22)3-4-10(8)19;1-3-22-12(25)8-24-15(26)13-14(21-17(22)24)23(16(18)20-13)7-10-6-11(19)5-4-9(10)2/h3-5H,2,6-7H2,1H3;4-6H,3,7-8H2,1-2H3. The smallest absolute Gasteiger partial charge is 0.308 e. The van der Waals surface area contributed by atoms with Gasteiger partial charge in [0.1, 0.15) is 24.7 Å². The second kappa shape index (κ2) is 14.1. The summed E-state index contributed by atoms with van der Waals surface area (Å²) in [6.45, 7) is 5.87. The number of carbonyl (C=O) groups is 2. The van der Waals surface area contributed by atoms with Gasteiger partial charge in [0.25, 0.3) is 11.1 Å². The second-order valence-corrected chi connectivity index (χ2v) is 14.0. The molecular weight excluding hydrogens is 867 g/mol. The van der Waals surface area contributed by atoms with Crippen LogP contribution in [0.15, 0.2) is 55.5 Å². The van der Waals surface area contributed by atoms with Crippen LogP contribution in [-0.2, 0) is 41.9 Å². The van der Waals surface area contributed by atoms with Gasteiger partial charge in [0.15, 0.2) is 31.8 Å². The van der Waals surface area contributed by atoms with Gasteiger partial charge < -0.3 is 4.57 Å². The van der Waals surface area contributed by atoms with Gasteiger partial charge in [0.05, 0.1) is 18.7 Å². The van der Waals surface area contributed by atoms with Crippen molar-refractivity contribution < 1.29 is 31.5 Å². The molecule has 2 aliphatic rings. The van der Waals surface area contributed by atoms with Crippen LogP contribution < -0.4 is 20.9 Å². The highest BCUT2D eigenvalue weighted by atomic mass is 79.9. The molecule has 4 aromatic heterocycles. The molecule has 0 N–H and O–H groups in total. The molecule has 0 atom stereocenters. The van der Waals surface area contributed by atoms with Gasteiger partial charge in [-0.25, -0.2) is 18.7 Å². The molecule has 2 aliphatic heterocycles. The molecule has 2 amide bonds. The van der Waals surface area contributed by atoms with E-state index in [1.54, 1.807) is 17.6 Å². The zero-order valence-corrected chi connectivity index (χ0v) is 32.1. The minimum Gasteiger partial charge on any atom is -0.308 e. The molecule has 6 heterocycles. The highest BCUT2D eigenvalue weighted by Crippen LogP contribution is 2.32. The van der Waals surface area contributed by atoms with Gasteiger partial charge in [0.2, 0.25) is 23.7 Å². The Hall–Kier alpha value is -5.31. The van der Waals surface area contributed by atoms with E-state index in [9.17, 15) is 41.1 Å². The fourth-order valence-corrected chi connectivity index (χ4v) is 7.37. The lowest BCUT2D eigenvalue weighted by molar-refractivity contribution is -0.137. The van der Waals surface area contributed by atoms with E-state index in [1.807, 2.05) is 13.8 Å². The lowest BCUT2D eigenvalue weighted by atomic mass is 10.1. The predicted molar refractivity (Wildman–Crippen MR) is 196 cm³/mol. The fourth-order valence-electron chi connectivity index (χ4n) is 6.43. The summed E-state index contributed by atoms with van der Waals surface area (Å²) in [4.78, 5) is 69.8. The van der Waals surface area contributed by atoms with Crippen molar-refractivity contribution in [3.8, 4) is 0 Å². The molecule has 21 heteroatoms. The van der Waals surface area contributed by atoms with E-state index < -0.39 is 23.1 Å². The quantitative estimate of drug-likeness (QED) is 0.165. The van der Waals surface area contributed by atoms with Crippen molar-refractivity contribution in [2.75, 3.05) is 22.9 Å². The van der Waals surface area contributed by atoms with Crippen molar-refractivity contribution in [1.82, 2.24) is 38.2 Å². The van der Waals surface area contributed by atoms with Crippen molar-refractivity contribution in [3.63, 3.8) is 0 Å². The van der Waals surface area contributed by atoms with Gasteiger partial charge in [-0.2, -0.15) is 23.1 Å². The average Bonchev–Trinajstić information content (AvgIpc) is 3.83. The number of fused-ring (bicyclic) bond motifs is 4. The number of aromatic nitrogens is 8. The van der Waals surface area contributed by atoms with Gasteiger partial charge in [-0.3, -0.25) is 42.7 Å². The lowest BCUT2D eigenvalue weighted by Crippen LogP contribution is -2.26. The van der Waals surface area contributed by atoms with Crippen molar-refractivity contribution in [1.29, 1.82) is 0 Å². The Kier molecular flexibility index (Phi) is 9.72. The molecule has 8 rings (SSSR count). The molecule has 0 spiro atoms. The van der Waals surface area contributed by atoms with Crippen LogP contribution in [0.25, 0.3) is 22.3 Å². The maximum Gasteiger partial charge on any atom is 0.416 e. The molecule has 0 bridgehead atoms. The summed E-state index contributed by atoms with van der Waals surface area (Å²) >= 11 is 6.52. The molecule has 0 saturated carbocycles. The Bertz CT molecular complexity index is 2710. The van der Waals surface area contributed by atoms with Crippen LogP contribution in [0.4, 0.5) is 33.8 Å².